The number of hydrogen-bond donors (Lipinski definition) is 0. The van der Waals surface area contributed by atoms with Crippen molar-refractivity contribution in [2.45, 2.75) is 64.6 Å². The highest BCUT2D eigenvalue weighted by Crippen LogP contribution is 2.28. The van der Waals surface area contributed by atoms with Crippen molar-refractivity contribution in [3.8, 4) is 0 Å². The van der Waals surface area contributed by atoms with E-state index in [0.29, 0.717) is 6.61 Å². The number of carbonyl (C=O) groups is 2. The van der Waals surface area contributed by atoms with E-state index in [1.165, 1.54) is 6.08 Å². The Hall–Kier alpha value is -2.30. The van der Waals surface area contributed by atoms with E-state index in [2.05, 4.69) is 6.92 Å². The Kier molecular flexibility index (Phi) is 8.19. The van der Waals surface area contributed by atoms with Crippen LogP contribution in [0, 0.1) is 0 Å². The molecule has 0 saturated carbocycles. The average Bonchev–Trinajstić information content (AvgIpc) is 2.66. The largest absolute Gasteiger partial charge is 0.463 e. The van der Waals surface area contributed by atoms with Gasteiger partial charge in [-0.3, -0.25) is 4.90 Å². The molecule has 142 valence electrons. The lowest BCUT2D eigenvalue weighted by molar-refractivity contribution is -0.137. The fourth-order valence-electron chi connectivity index (χ4n) is 3.38. The van der Waals surface area contributed by atoms with E-state index in [0.717, 1.165) is 37.7 Å². The zero-order valence-corrected chi connectivity index (χ0v) is 15.7. The van der Waals surface area contributed by atoms with Gasteiger partial charge in [0, 0.05) is 12.1 Å². The molecule has 0 unspecified atom stereocenters. The molecule has 5 heteroatoms. The van der Waals surface area contributed by atoms with E-state index in [1.54, 1.807) is 13.0 Å². The van der Waals surface area contributed by atoms with Crippen LogP contribution in [-0.2, 0) is 20.9 Å². The van der Waals surface area contributed by atoms with Crippen LogP contribution < -0.4 is 0 Å². The highest BCUT2D eigenvalue weighted by atomic mass is 16.6. The van der Waals surface area contributed by atoms with Crippen molar-refractivity contribution in [1.29, 1.82) is 0 Å². The fraction of sp³-hybridized carbons (Fsp3) is 0.524. The zero-order valence-electron chi connectivity index (χ0n) is 15.7. The molecule has 2 rings (SSSR count). The van der Waals surface area contributed by atoms with Crippen LogP contribution in [0.25, 0.3) is 0 Å². The molecule has 1 aromatic rings. The second kappa shape index (κ2) is 10.6. The van der Waals surface area contributed by atoms with Gasteiger partial charge in [-0.25, -0.2) is 9.59 Å². The third-order valence-electron chi connectivity index (χ3n) is 4.57. The summed E-state index contributed by atoms with van der Waals surface area (Å²) < 4.78 is 10.5. The summed E-state index contributed by atoms with van der Waals surface area (Å²) in [5, 5.41) is 0. The number of esters is 1. The highest BCUT2D eigenvalue weighted by molar-refractivity contribution is 5.82. The maximum absolute atomic E-state index is 12.8. The molecule has 2 atom stereocenters. The molecular formula is C21H29NO4. The summed E-state index contributed by atoms with van der Waals surface area (Å²) in [7, 11) is 0. The van der Waals surface area contributed by atoms with Gasteiger partial charge in [0.1, 0.15) is 6.61 Å². The summed E-state index contributed by atoms with van der Waals surface area (Å²) in [6, 6.07) is 9.67. The summed E-state index contributed by atoms with van der Waals surface area (Å²) in [6.45, 7) is 4.49. The van der Waals surface area contributed by atoms with Crippen LogP contribution >= 0.6 is 0 Å². The molecule has 0 spiro atoms. The maximum Gasteiger partial charge on any atom is 0.410 e. The first-order valence-corrected chi connectivity index (χ1v) is 9.49. The quantitative estimate of drug-likeness (QED) is 0.532. The first-order chi connectivity index (χ1) is 12.7. The Morgan fingerprint density at radius 3 is 2.62 bits per heavy atom. The Morgan fingerprint density at radius 2 is 1.92 bits per heavy atom. The maximum atomic E-state index is 12.8. The van der Waals surface area contributed by atoms with Gasteiger partial charge in [-0.2, -0.15) is 0 Å². The van der Waals surface area contributed by atoms with E-state index in [9.17, 15) is 9.59 Å². The number of nitrogens with zero attached hydrogens (tertiary/aromatic N) is 1. The third-order valence-corrected chi connectivity index (χ3v) is 4.57. The Bertz CT molecular complexity index is 597. The van der Waals surface area contributed by atoms with E-state index in [-0.39, 0.29) is 30.8 Å². The topological polar surface area (TPSA) is 55.8 Å². The number of amides is 1. The summed E-state index contributed by atoms with van der Waals surface area (Å²) in [5.74, 6) is -0.372. The smallest absolute Gasteiger partial charge is 0.410 e. The minimum atomic E-state index is -0.372. The van der Waals surface area contributed by atoms with Gasteiger partial charge in [0.2, 0.25) is 0 Å². The Labute approximate surface area is 156 Å². The molecular weight excluding hydrogens is 330 g/mol. The van der Waals surface area contributed by atoms with Gasteiger partial charge in [0.15, 0.2) is 0 Å². The molecule has 0 N–H and O–H groups in total. The number of benzene rings is 1. The standard InChI is InChI=1S/C21H29NO4/c1-3-9-18-12-8-13-19(14-15-20(23)25-4-2)22(18)21(24)26-16-17-10-6-5-7-11-17/h5-7,10-11,14-15,18-19H,3-4,8-9,12-13,16H2,1-2H3/b15-14+/t18-,19-/m0/s1. The average molecular weight is 359 g/mol. The van der Waals surface area contributed by atoms with Crippen molar-refractivity contribution >= 4 is 12.1 Å². The molecule has 0 aromatic heterocycles. The van der Waals surface area contributed by atoms with Gasteiger partial charge in [-0.05, 0) is 38.2 Å². The molecule has 26 heavy (non-hydrogen) atoms. The molecule has 1 heterocycles. The summed E-state index contributed by atoms with van der Waals surface area (Å²) in [6.07, 6.45) is 7.67. The van der Waals surface area contributed by atoms with Crippen LogP contribution in [-0.4, -0.2) is 35.7 Å². The molecule has 1 saturated heterocycles. The predicted molar refractivity (Wildman–Crippen MR) is 101 cm³/mol. The minimum absolute atomic E-state index is 0.132. The highest BCUT2D eigenvalue weighted by Gasteiger charge is 2.33. The third kappa shape index (κ3) is 5.90. The van der Waals surface area contributed by atoms with Gasteiger partial charge >= 0.3 is 12.1 Å². The van der Waals surface area contributed by atoms with Crippen LogP contribution in [0.2, 0.25) is 0 Å². The molecule has 1 aromatic carbocycles. The minimum Gasteiger partial charge on any atom is -0.463 e. The predicted octanol–water partition coefficient (Wildman–Crippen LogP) is 4.47. The molecule has 1 aliphatic rings. The van der Waals surface area contributed by atoms with Gasteiger partial charge in [-0.15, -0.1) is 0 Å². The first-order valence-electron chi connectivity index (χ1n) is 9.49. The fourth-order valence-corrected chi connectivity index (χ4v) is 3.38. The molecule has 0 radical (unpaired) electrons. The second-order valence-electron chi connectivity index (χ2n) is 6.50. The van der Waals surface area contributed by atoms with Gasteiger partial charge in [0.25, 0.3) is 0 Å². The summed E-state index contributed by atoms with van der Waals surface area (Å²) in [5.41, 5.74) is 0.962. The van der Waals surface area contributed by atoms with E-state index < -0.39 is 0 Å². The van der Waals surface area contributed by atoms with Gasteiger partial charge < -0.3 is 9.47 Å². The van der Waals surface area contributed by atoms with Crippen molar-refractivity contribution in [3.05, 3.63) is 48.0 Å². The molecule has 5 nitrogen and oxygen atoms in total. The zero-order chi connectivity index (χ0) is 18.8. The van der Waals surface area contributed by atoms with Crippen LogP contribution in [0.4, 0.5) is 4.79 Å². The molecule has 0 bridgehead atoms. The molecule has 1 aliphatic heterocycles. The van der Waals surface area contributed by atoms with E-state index >= 15 is 0 Å². The molecule has 1 fully saturated rings. The lowest BCUT2D eigenvalue weighted by Crippen LogP contribution is -2.49. The number of carbonyl (C=O) groups excluding carboxylic acids is 2. The SMILES string of the molecule is CCC[C@H]1CCC[C@@H](/C=C/C(=O)OCC)N1C(=O)OCc1ccccc1. The van der Waals surface area contributed by atoms with Crippen molar-refractivity contribution in [3.63, 3.8) is 0 Å². The summed E-state index contributed by atoms with van der Waals surface area (Å²) in [4.78, 5) is 26.2. The lowest BCUT2D eigenvalue weighted by Gasteiger charge is -2.40. The Balaban J connectivity index is 2.07. The van der Waals surface area contributed by atoms with E-state index in [1.807, 2.05) is 35.2 Å². The van der Waals surface area contributed by atoms with Crippen LogP contribution in [0.1, 0.15) is 51.5 Å². The van der Waals surface area contributed by atoms with Crippen LogP contribution in [0.5, 0.6) is 0 Å². The van der Waals surface area contributed by atoms with E-state index in [4.69, 9.17) is 9.47 Å². The second-order valence-corrected chi connectivity index (χ2v) is 6.50. The van der Waals surface area contributed by atoms with Crippen molar-refractivity contribution in [1.82, 2.24) is 4.90 Å². The number of likely N-dealkylation sites (tertiary alicyclic amines) is 1. The number of rotatable bonds is 7. The van der Waals surface area contributed by atoms with Crippen molar-refractivity contribution < 1.29 is 19.1 Å². The van der Waals surface area contributed by atoms with Crippen LogP contribution in [0.15, 0.2) is 42.5 Å². The molecule has 1 amide bonds. The first kappa shape index (κ1) is 20.0. The van der Waals surface area contributed by atoms with Crippen molar-refractivity contribution in [2.24, 2.45) is 0 Å². The normalized spacial score (nSPS) is 20.2. The number of hydrogen-bond acceptors (Lipinski definition) is 4. The Morgan fingerprint density at radius 1 is 1.15 bits per heavy atom. The number of piperidine rings is 1. The van der Waals surface area contributed by atoms with Crippen LogP contribution in [0.3, 0.4) is 0 Å². The lowest BCUT2D eigenvalue weighted by atomic mass is 9.93. The summed E-state index contributed by atoms with van der Waals surface area (Å²) >= 11 is 0. The van der Waals surface area contributed by atoms with Gasteiger partial charge in [0.05, 0.1) is 12.6 Å². The molecule has 0 aliphatic carbocycles. The number of ether oxygens (including phenoxy) is 2. The monoisotopic (exact) mass is 359 g/mol. The van der Waals surface area contributed by atoms with Gasteiger partial charge in [-0.1, -0.05) is 49.8 Å². The van der Waals surface area contributed by atoms with Crippen molar-refractivity contribution in [2.75, 3.05) is 6.61 Å².